The zero-order valence-electron chi connectivity index (χ0n) is 12.4. The summed E-state index contributed by atoms with van der Waals surface area (Å²) >= 11 is 0. The highest BCUT2D eigenvalue weighted by Gasteiger charge is 2.21. The van der Waals surface area contributed by atoms with Crippen LogP contribution in [0.3, 0.4) is 0 Å². The van der Waals surface area contributed by atoms with E-state index in [0.29, 0.717) is 25.5 Å². The molecule has 0 bridgehead atoms. The fraction of sp³-hybridized carbons (Fsp3) is 0.615. The Morgan fingerprint density at radius 3 is 2.67 bits per heavy atom. The number of piperazine rings is 1. The third-order valence-electron chi connectivity index (χ3n) is 3.59. The molecular weight excluding hydrogens is 272 g/mol. The topological polar surface area (TPSA) is 100.0 Å². The van der Waals surface area contributed by atoms with E-state index in [4.69, 9.17) is 10.9 Å². The predicted octanol–water partition coefficient (Wildman–Crippen LogP) is -0.307. The van der Waals surface area contributed by atoms with Gasteiger partial charge in [0.05, 0.1) is 6.54 Å². The Bertz CT molecular complexity index is 560. The number of aromatic nitrogens is 2. The minimum atomic E-state index is -0.0580. The van der Waals surface area contributed by atoms with Crippen LogP contribution in [0.1, 0.15) is 19.9 Å². The predicted molar refractivity (Wildman–Crippen MR) is 80.9 cm³/mol. The maximum absolute atomic E-state index is 12.4. The van der Waals surface area contributed by atoms with E-state index in [1.165, 1.54) is 0 Å². The summed E-state index contributed by atoms with van der Waals surface area (Å²) in [6, 6.07) is 0.112. The minimum Gasteiger partial charge on any atom is -0.409 e. The molecule has 0 aromatic carbocycles. The molecule has 8 heteroatoms. The third kappa shape index (κ3) is 3.52. The molecule has 0 saturated carbocycles. The normalized spacial score (nSPS) is 17.5. The molecule has 0 atom stereocenters. The van der Waals surface area contributed by atoms with E-state index < -0.39 is 0 Å². The fourth-order valence-corrected chi connectivity index (χ4v) is 2.42. The number of hydrogen-bond acceptors (Lipinski definition) is 6. The molecule has 116 valence electrons. The molecule has 1 fully saturated rings. The summed E-state index contributed by atoms with van der Waals surface area (Å²) in [5.41, 5.74) is 5.45. The molecule has 1 aliphatic heterocycles. The Balaban J connectivity index is 2.06. The highest BCUT2D eigenvalue weighted by atomic mass is 16.4. The fourth-order valence-electron chi connectivity index (χ4n) is 2.42. The molecule has 0 unspecified atom stereocenters. The highest BCUT2D eigenvalue weighted by Crippen LogP contribution is 2.10. The molecule has 1 aromatic rings. The lowest BCUT2D eigenvalue weighted by atomic mass is 10.3. The molecule has 3 N–H and O–H groups in total. The summed E-state index contributed by atoms with van der Waals surface area (Å²) in [4.78, 5) is 20.7. The molecule has 0 radical (unpaired) electrons. The number of rotatable bonds is 4. The van der Waals surface area contributed by atoms with Crippen LogP contribution in [0.25, 0.3) is 0 Å². The number of hydrogen-bond donors (Lipinski definition) is 2. The molecule has 2 rings (SSSR count). The van der Waals surface area contributed by atoms with Crippen LogP contribution in [0, 0.1) is 0 Å². The van der Waals surface area contributed by atoms with Crippen LogP contribution in [-0.2, 0) is 0 Å². The lowest BCUT2D eigenvalue weighted by molar-refractivity contribution is 0.278. The van der Waals surface area contributed by atoms with Gasteiger partial charge in [0, 0.05) is 44.6 Å². The zero-order valence-corrected chi connectivity index (χ0v) is 12.4. The van der Waals surface area contributed by atoms with E-state index in [1.807, 2.05) is 18.7 Å². The SMILES string of the molecule is CC(C)n1ccnc(N2CCN(CC(N)=NO)CC2)c1=O. The van der Waals surface area contributed by atoms with Crippen molar-refractivity contribution in [3.63, 3.8) is 0 Å². The summed E-state index contributed by atoms with van der Waals surface area (Å²) in [6.07, 6.45) is 3.38. The Labute approximate surface area is 123 Å². The third-order valence-corrected chi connectivity index (χ3v) is 3.59. The van der Waals surface area contributed by atoms with Crippen molar-refractivity contribution in [2.45, 2.75) is 19.9 Å². The molecular formula is C13H22N6O2. The van der Waals surface area contributed by atoms with Crippen molar-refractivity contribution in [3.05, 3.63) is 22.7 Å². The Morgan fingerprint density at radius 1 is 1.43 bits per heavy atom. The van der Waals surface area contributed by atoms with Gasteiger partial charge in [0.15, 0.2) is 11.7 Å². The first kappa shape index (κ1) is 15.3. The summed E-state index contributed by atoms with van der Waals surface area (Å²) in [5.74, 6) is 0.693. The van der Waals surface area contributed by atoms with Crippen LogP contribution >= 0.6 is 0 Å². The van der Waals surface area contributed by atoms with Gasteiger partial charge >= 0.3 is 0 Å². The lowest BCUT2D eigenvalue weighted by Crippen LogP contribution is -2.50. The van der Waals surface area contributed by atoms with Crippen molar-refractivity contribution in [1.29, 1.82) is 0 Å². The molecule has 2 heterocycles. The van der Waals surface area contributed by atoms with Gasteiger partial charge in [-0.2, -0.15) is 0 Å². The molecule has 8 nitrogen and oxygen atoms in total. The zero-order chi connectivity index (χ0) is 15.4. The first-order valence-corrected chi connectivity index (χ1v) is 7.03. The van der Waals surface area contributed by atoms with Gasteiger partial charge in [0.1, 0.15) is 0 Å². The van der Waals surface area contributed by atoms with Gasteiger partial charge in [0.2, 0.25) is 0 Å². The number of nitrogens with zero attached hydrogens (tertiary/aromatic N) is 5. The van der Waals surface area contributed by atoms with Gasteiger partial charge in [-0.05, 0) is 13.8 Å². The smallest absolute Gasteiger partial charge is 0.293 e. The quantitative estimate of drug-likeness (QED) is 0.342. The molecule has 0 amide bonds. The van der Waals surface area contributed by atoms with Crippen molar-refractivity contribution in [1.82, 2.24) is 14.5 Å². The van der Waals surface area contributed by atoms with Crippen LogP contribution in [0.4, 0.5) is 5.82 Å². The summed E-state index contributed by atoms with van der Waals surface area (Å²) < 4.78 is 1.69. The second-order valence-corrected chi connectivity index (χ2v) is 5.41. The Hall–Kier alpha value is -2.09. The van der Waals surface area contributed by atoms with E-state index >= 15 is 0 Å². The van der Waals surface area contributed by atoms with Crippen molar-refractivity contribution in [2.24, 2.45) is 10.9 Å². The second kappa shape index (κ2) is 6.57. The maximum atomic E-state index is 12.4. The Kier molecular flexibility index (Phi) is 4.79. The van der Waals surface area contributed by atoms with Crippen LogP contribution in [0.2, 0.25) is 0 Å². The maximum Gasteiger partial charge on any atom is 0.293 e. The van der Waals surface area contributed by atoms with Gasteiger partial charge < -0.3 is 20.4 Å². The number of oxime groups is 1. The van der Waals surface area contributed by atoms with Crippen LogP contribution in [-0.4, -0.2) is 58.2 Å². The van der Waals surface area contributed by atoms with Gasteiger partial charge in [0.25, 0.3) is 5.56 Å². The van der Waals surface area contributed by atoms with Crippen molar-refractivity contribution < 1.29 is 5.21 Å². The van der Waals surface area contributed by atoms with Crippen molar-refractivity contribution in [2.75, 3.05) is 37.6 Å². The van der Waals surface area contributed by atoms with Crippen LogP contribution < -0.4 is 16.2 Å². The van der Waals surface area contributed by atoms with Gasteiger partial charge in [-0.25, -0.2) is 4.98 Å². The lowest BCUT2D eigenvalue weighted by Gasteiger charge is -2.34. The number of anilines is 1. The molecule has 1 aliphatic rings. The van der Waals surface area contributed by atoms with Crippen LogP contribution in [0.5, 0.6) is 0 Å². The van der Waals surface area contributed by atoms with Gasteiger partial charge in [-0.3, -0.25) is 9.69 Å². The molecule has 0 spiro atoms. The molecule has 21 heavy (non-hydrogen) atoms. The van der Waals surface area contributed by atoms with E-state index in [-0.39, 0.29) is 17.4 Å². The van der Waals surface area contributed by atoms with Gasteiger partial charge in [-0.15, -0.1) is 0 Å². The standard InChI is InChI=1S/C13H22N6O2/c1-10(2)19-4-3-15-12(13(19)20)18-7-5-17(6-8-18)9-11(14)16-21/h3-4,10,21H,5-9H2,1-2H3,(H2,14,16). The van der Waals surface area contributed by atoms with Crippen molar-refractivity contribution >= 4 is 11.7 Å². The first-order valence-electron chi connectivity index (χ1n) is 7.03. The second-order valence-electron chi connectivity index (χ2n) is 5.41. The number of nitrogens with two attached hydrogens (primary N) is 1. The average Bonchev–Trinajstić information content (AvgIpc) is 2.48. The van der Waals surface area contributed by atoms with E-state index in [2.05, 4.69) is 15.0 Å². The largest absolute Gasteiger partial charge is 0.409 e. The van der Waals surface area contributed by atoms with Crippen LogP contribution in [0.15, 0.2) is 22.3 Å². The molecule has 0 aliphatic carbocycles. The van der Waals surface area contributed by atoms with E-state index in [0.717, 1.165) is 13.1 Å². The number of amidine groups is 1. The highest BCUT2D eigenvalue weighted by molar-refractivity contribution is 5.81. The van der Waals surface area contributed by atoms with Crippen molar-refractivity contribution in [3.8, 4) is 0 Å². The van der Waals surface area contributed by atoms with Gasteiger partial charge in [-0.1, -0.05) is 5.16 Å². The summed E-state index contributed by atoms with van der Waals surface area (Å²) in [6.45, 7) is 7.26. The van der Waals surface area contributed by atoms with E-state index in [1.54, 1.807) is 17.0 Å². The van der Waals surface area contributed by atoms with E-state index in [9.17, 15) is 4.79 Å². The first-order chi connectivity index (χ1) is 10.0. The molecule has 1 saturated heterocycles. The minimum absolute atomic E-state index is 0.0580. The summed E-state index contributed by atoms with van der Waals surface area (Å²) in [7, 11) is 0. The Morgan fingerprint density at radius 2 is 2.10 bits per heavy atom. The monoisotopic (exact) mass is 294 g/mol. The average molecular weight is 294 g/mol. The summed E-state index contributed by atoms with van der Waals surface area (Å²) in [5, 5.41) is 11.6. The molecule has 1 aromatic heterocycles.